The molecular formula is C26H31BO4. The third kappa shape index (κ3) is 3.16. The molecule has 0 aromatic heterocycles. The fraction of sp³-hybridized carbons (Fsp3) is 0.500. The van der Waals surface area contributed by atoms with E-state index in [0.717, 1.165) is 37.7 Å². The number of methoxy groups -OCH3 is 1. The first-order valence-electron chi connectivity index (χ1n) is 11.4. The summed E-state index contributed by atoms with van der Waals surface area (Å²) in [5.41, 5.74) is 6.41. The number of esters is 1. The van der Waals surface area contributed by atoms with Crippen LogP contribution in [0.2, 0.25) is 0 Å². The van der Waals surface area contributed by atoms with Gasteiger partial charge in [-0.15, -0.1) is 0 Å². The Hall–Kier alpha value is -2.11. The predicted octanol–water partition coefficient (Wildman–Crippen LogP) is 4.35. The molecule has 0 atom stereocenters. The Morgan fingerprint density at radius 1 is 0.903 bits per heavy atom. The second kappa shape index (κ2) is 6.95. The van der Waals surface area contributed by atoms with Gasteiger partial charge >= 0.3 is 13.1 Å². The van der Waals surface area contributed by atoms with E-state index in [1.165, 1.54) is 34.8 Å². The van der Waals surface area contributed by atoms with Crippen molar-refractivity contribution in [3.63, 3.8) is 0 Å². The zero-order valence-corrected chi connectivity index (χ0v) is 19.2. The van der Waals surface area contributed by atoms with E-state index in [1.54, 1.807) is 0 Å². The van der Waals surface area contributed by atoms with Gasteiger partial charge < -0.3 is 14.0 Å². The number of carbonyl (C=O) groups excluding carboxylic acids is 1. The molecule has 4 nitrogen and oxygen atoms in total. The van der Waals surface area contributed by atoms with Gasteiger partial charge in [0.2, 0.25) is 0 Å². The van der Waals surface area contributed by atoms with Crippen LogP contribution < -0.4 is 5.46 Å². The van der Waals surface area contributed by atoms with Gasteiger partial charge in [0.05, 0.1) is 23.7 Å². The molecule has 3 aliphatic rings. The van der Waals surface area contributed by atoms with E-state index in [2.05, 4.69) is 64.1 Å². The fourth-order valence-electron chi connectivity index (χ4n) is 5.09. The van der Waals surface area contributed by atoms with E-state index in [9.17, 15) is 4.79 Å². The summed E-state index contributed by atoms with van der Waals surface area (Å²) in [5.74, 6) is -0.118. The maximum absolute atomic E-state index is 12.2. The molecule has 5 rings (SSSR count). The van der Waals surface area contributed by atoms with Crippen LogP contribution in [0.4, 0.5) is 0 Å². The Morgan fingerprint density at radius 2 is 1.52 bits per heavy atom. The summed E-state index contributed by atoms with van der Waals surface area (Å²) < 4.78 is 17.7. The molecular weight excluding hydrogens is 387 g/mol. The van der Waals surface area contributed by atoms with Crippen LogP contribution in [0.5, 0.6) is 0 Å². The maximum Gasteiger partial charge on any atom is 0.495 e. The molecule has 0 bridgehead atoms. The van der Waals surface area contributed by atoms with Crippen molar-refractivity contribution in [3.05, 3.63) is 53.1 Å². The lowest BCUT2D eigenvalue weighted by molar-refractivity contribution is -0.143. The molecule has 31 heavy (non-hydrogen) atoms. The molecule has 0 unspecified atom stereocenters. The van der Waals surface area contributed by atoms with Gasteiger partial charge in [0, 0.05) is 0 Å². The van der Waals surface area contributed by atoms with Gasteiger partial charge in [-0.05, 0) is 93.1 Å². The first-order valence-corrected chi connectivity index (χ1v) is 11.4. The first-order chi connectivity index (χ1) is 14.7. The van der Waals surface area contributed by atoms with Crippen molar-refractivity contribution < 1.29 is 18.8 Å². The van der Waals surface area contributed by atoms with Gasteiger partial charge in [-0.3, -0.25) is 4.79 Å². The minimum atomic E-state index is -0.421. The first kappa shape index (κ1) is 20.8. The molecule has 0 N–H and O–H groups in total. The van der Waals surface area contributed by atoms with Crippen molar-refractivity contribution in [1.29, 1.82) is 0 Å². The van der Waals surface area contributed by atoms with Crippen molar-refractivity contribution in [2.75, 3.05) is 7.11 Å². The standard InChI is InChI=1S/C26H31BO4/c1-24(2)25(3,4)31-27(30-24)22-14-13-19(20-7-6-8-21(20)22)17-9-11-18(12-10-17)26(15-16-26)23(28)29-5/h9-14H,6-8,15-16H2,1-5H3. The van der Waals surface area contributed by atoms with Crippen LogP contribution in [0.25, 0.3) is 11.1 Å². The van der Waals surface area contributed by atoms with Crippen LogP contribution in [-0.4, -0.2) is 31.4 Å². The van der Waals surface area contributed by atoms with Crippen LogP contribution in [0.15, 0.2) is 36.4 Å². The van der Waals surface area contributed by atoms with E-state index >= 15 is 0 Å². The third-order valence-corrected chi connectivity index (χ3v) is 7.90. The maximum atomic E-state index is 12.2. The van der Waals surface area contributed by atoms with Crippen LogP contribution in [0.1, 0.15) is 63.6 Å². The minimum absolute atomic E-state index is 0.118. The molecule has 1 saturated heterocycles. The number of hydrogen-bond donors (Lipinski definition) is 0. The normalized spacial score (nSPS) is 22.3. The Balaban J connectivity index is 1.47. The third-order valence-electron chi connectivity index (χ3n) is 7.90. The second-order valence-corrected chi connectivity index (χ2v) is 10.3. The quantitative estimate of drug-likeness (QED) is 0.547. The average molecular weight is 418 g/mol. The minimum Gasteiger partial charge on any atom is -0.468 e. The summed E-state index contributed by atoms with van der Waals surface area (Å²) in [5, 5.41) is 0. The van der Waals surface area contributed by atoms with Crippen LogP contribution in [0, 0.1) is 0 Å². The Morgan fingerprint density at radius 3 is 2.10 bits per heavy atom. The average Bonchev–Trinajstić information content (AvgIpc) is 3.34. The Kier molecular flexibility index (Phi) is 4.66. The number of carbonyl (C=O) groups is 1. The van der Waals surface area contributed by atoms with Crippen molar-refractivity contribution in [2.24, 2.45) is 0 Å². The molecule has 5 heteroatoms. The zero-order chi connectivity index (χ0) is 22.0. The monoisotopic (exact) mass is 418 g/mol. The van der Waals surface area contributed by atoms with Crippen molar-refractivity contribution in [2.45, 2.75) is 76.4 Å². The van der Waals surface area contributed by atoms with E-state index in [4.69, 9.17) is 14.0 Å². The van der Waals surface area contributed by atoms with Crippen LogP contribution in [0.3, 0.4) is 0 Å². The molecule has 2 fully saturated rings. The summed E-state index contributed by atoms with van der Waals surface area (Å²) in [4.78, 5) is 12.2. The van der Waals surface area contributed by atoms with Crippen molar-refractivity contribution in [1.82, 2.24) is 0 Å². The lowest BCUT2D eigenvalue weighted by atomic mass is 9.74. The molecule has 1 heterocycles. The smallest absolute Gasteiger partial charge is 0.468 e. The molecule has 0 amide bonds. The molecule has 1 aliphatic heterocycles. The number of hydrogen-bond acceptors (Lipinski definition) is 4. The Labute approximate surface area is 185 Å². The van der Waals surface area contributed by atoms with Gasteiger partial charge in [0.15, 0.2) is 0 Å². The molecule has 1 saturated carbocycles. The van der Waals surface area contributed by atoms with E-state index in [1.807, 2.05) is 0 Å². The largest absolute Gasteiger partial charge is 0.495 e. The van der Waals surface area contributed by atoms with E-state index < -0.39 is 5.41 Å². The predicted molar refractivity (Wildman–Crippen MR) is 123 cm³/mol. The summed E-state index contributed by atoms with van der Waals surface area (Å²) in [6.45, 7) is 8.41. The molecule has 2 aliphatic carbocycles. The Bertz CT molecular complexity index is 1020. The number of ether oxygens (including phenoxy) is 1. The number of fused-ring (bicyclic) bond motifs is 1. The second-order valence-electron chi connectivity index (χ2n) is 10.3. The van der Waals surface area contributed by atoms with Gasteiger partial charge in [-0.2, -0.15) is 0 Å². The summed E-state index contributed by atoms with van der Waals surface area (Å²) in [6.07, 6.45) is 5.04. The van der Waals surface area contributed by atoms with Crippen molar-refractivity contribution >= 4 is 18.6 Å². The van der Waals surface area contributed by atoms with Crippen molar-refractivity contribution in [3.8, 4) is 11.1 Å². The SMILES string of the molecule is COC(=O)C1(c2ccc(-c3ccc(B4OC(C)(C)C(C)(C)O4)c4c3CCC4)cc2)CC1. The molecule has 2 aromatic carbocycles. The summed E-state index contributed by atoms with van der Waals surface area (Å²) in [6, 6.07) is 12.9. The highest BCUT2D eigenvalue weighted by atomic mass is 16.7. The molecule has 2 aromatic rings. The molecule has 0 spiro atoms. The van der Waals surface area contributed by atoms with Crippen LogP contribution >= 0.6 is 0 Å². The highest BCUT2D eigenvalue weighted by molar-refractivity contribution is 6.62. The lowest BCUT2D eigenvalue weighted by Crippen LogP contribution is -2.41. The fourth-order valence-corrected chi connectivity index (χ4v) is 5.09. The van der Waals surface area contributed by atoms with Gasteiger partial charge in [0.1, 0.15) is 0 Å². The van der Waals surface area contributed by atoms with Gasteiger partial charge in [-0.1, -0.05) is 36.4 Å². The topological polar surface area (TPSA) is 44.8 Å². The van der Waals surface area contributed by atoms with Gasteiger partial charge in [0.25, 0.3) is 0 Å². The van der Waals surface area contributed by atoms with E-state index in [0.29, 0.717) is 0 Å². The molecule has 162 valence electrons. The summed E-state index contributed by atoms with van der Waals surface area (Å²) >= 11 is 0. The molecule has 0 radical (unpaired) electrons. The highest BCUT2D eigenvalue weighted by Gasteiger charge is 2.53. The van der Waals surface area contributed by atoms with Gasteiger partial charge in [-0.25, -0.2) is 0 Å². The zero-order valence-electron chi connectivity index (χ0n) is 19.2. The van der Waals surface area contributed by atoms with Crippen LogP contribution in [-0.2, 0) is 37.1 Å². The number of rotatable bonds is 4. The van der Waals surface area contributed by atoms with E-state index in [-0.39, 0.29) is 24.3 Å². The lowest BCUT2D eigenvalue weighted by Gasteiger charge is -2.32. The summed E-state index contributed by atoms with van der Waals surface area (Å²) in [7, 11) is 1.16. The highest BCUT2D eigenvalue weighted by Crippen LogP contribution is 2.49. The number of benzene rings is 2.